The van der Waals surface area contributed by atoms with Gasteiger partial charge in [0.05, 0.1) is 13.2 Å². The molecule has 2 N–H and O–H groups in total. The number of amides is 1. The van der Waals surface area contributed by atoms with Gasteiger partial charge in [0.25, 0.3) is 5.91 Å². The minimum absolute atomic E-state index is 0.164. The van der Waals surface area contributed by atoms with Crippen LogP contribution >= 0.6 is 0 Å². The number of rotatable bonds is 4. The van der Waals surface area contributed by atoms with Crippen molar-refractivity contribution in [3.63, 3.8) is 0 Å². The summed E-state index contributed by atoms with van der Waals surface area (Å²) in [5.41, 5.74) is 2.33. The van der Waals surface area contributed by atoms with Gasteiger partial charge in [-0.1, -0.05) is 6.07 Å². The summed E-state index contributed by atoms with van der Waals surface area (Å²) < 4.78 is 15.9. The van der Waals surface area contributed by atoms with Crippen LogP contribution in [0.25, 0.3) is 10.9 Å². The van der Waals surface area contributed by atoms with Gasteiger partial charge in [0, 0.05) is 17.0 Å². The van der Waals surface area contributed by atoms with Gasteiger partial charge in [-0.15, -0.1) is 0 Å². The number of fused-ring (bicyclic) bond motifs is 2. The fourth-order valence-electron chi connectivity index (χ4n) is 2.90. The first kappa shape index (κ1) is 15.4. The van der Waals surface area contributed by atoms with Crippen LogP contribution in [0.2, 0.25) is 0 Å². The summed E-state index contributed by atoms with van der Waals surface area (Å²) >= 11 is 0. The van der Waals surface area contributed by atoms with E-state index >= 15 is 0 Å². The first-order valence-electron chi connectivity index (χ1n) is 8.01. The molecule has 0 spiro atoms. The van der Waals surface area contributed by atoms with E-state index in [1.54, 1.807) is 7.11 Å². The van der Waals surface area contributed by atoms with E-state index in [0.29, 0.717) is 11.4 Å². The predicted molar refractivity (Wildman–Crippen MR) is 93.3 cm³/mol. The van der Waals surface area contributed by atoms with Crippen molar-refractivity contribution in [3.05, 3.63) is 53.7 Å². The Morgan fingerprint density at radius 1 is 1.16 bits per heavy atom. The van der Waals surface area contributed by atoms with Crippen molar-refractivity contribution in [2.45, 2.75) is 13.0 Å². The second-order valence-corrected chi connectivity index (χ2v) is 5.94. The van der Waals surface area contributed by atoms with Crippen LogP contribution in [-0.4, -0.2) is 24.8 Å². The van der Waals surface area contributed by atoms with E-state index in [0.717, 1.165) is 28.0 Å². The quantitative estimate of drug-likeness (QED) is 0.765. The molecule has 0 bridgehead atoms. The van der Waals surface area contributed by atoms with E-state index in [1.165, 1.54) is 0 Å². The highest BCUT2D eigenvalue weighted by Crippen LogP contribution is 2.34. The monoisotopic (exact) mass is 338 g/mol. The average molecular weight is 338 g/mol. The highest BCUT2D eigenvalue weighted by molar-refractivity contribution is 5.98. The molecule has 0 fully saturated rings. The van der Waals surface area contributed by atoms with Gasteiger partial charge in [0.15, 0.2) is 11.5 Å². The number of ether oxygens (including phenoxy) is 3. The molecule has 1 aromatic heterocycles. The Hall–Kier alpha value is -3.15. The zero-order valence-electron chi connectivity index (χ0n) is 14.0. The molecular formula is C19H18N2O4. The van der Waals surface area contributed by atoms with Gasteiger partial charge in [-0.3, -0.25) is 4.79 Å². The van der Waals surface area contributed by atoms with E-state index in [9.17, 15) is 4.79 Å². The summed E-state index contributed by atoms with van der Waals surface area (Å²) in [4.78, 5) is 15.7. The molecule has 25 heavy (non-hydrogen) atoms. The van der Waals surface area contributed by atoms with Crippen LogP contribution < -0.4 is 19.5 Å². The van der Waals surface area contributed by atoms with Crippen molar-refractivity contribution in [1.29, 1.82) is 0 Å². The third kappa shape index (κ3) is 2.87. The average Bonchev–Trinajstić information content (AvgIpc) is 3.26. The summed E-state index contributed by atoms with van der Waals surface area (Å²) in [7, 11) is 1.62. The van der Waals surface area contributed by atoms with E-state index in [1.807, 2.05) is 49.4 Å². The summed E-state index contributed by atoms with van der Waals surface area (Å²) in [6.45, 7) is 2.17. The molecule has 1 unspecified atom stereocenters. The number of carbonyl (C=O) groups is 1. The molecule has 0 saturated carbocycles. The Bertz CT molecular complexity index is 948. The number of carbonyl (C=O) groups excluding carboxylic acids is 1. The third-order valence-electron chi connectivity index (χ3n) is 4.32. The molecular weight excluding hydrogens is 320 g/mol. The number of nitrogens with one attached hydrogen (secondary N) is 2. The van der Waals surface area contributed by atoms with E-state index < -0.39 is 0 Å². The highest BCUT2D eigenvalue weighted by Gasteiger charge is 2.18. The van der Waals surface area contributed by atoms with Gasteiger partial charge in [-0.05, 0) is 42.8 Å². The van der Waals surface area contributed by atoms with Gasteiger partial charge in [0.2, 0.25) is 6.79 Å². The molecule has 6 heteroatoms. The molecule has 6 nitrogen and oxygen atoms in total. The number of hydrogen-bond donors (Lipinski definition) is 2. The van der Waals surface area contributed by atoms with Crippen molar-refractivity contribution in [1.82, 2.24) is 10.3 Å². The third-order valence-corrected chi connectivity index (χ3v) is 4.32. The minimum Gasteiger partial charge on any atom is -0.497 e. The second-order valence-electron chi connectivity index (χ2n) is 5.94. The lowest BCUT2D eigenvalue weighted by atomic mass is 10.1. The number of hydrogen-bond acceptors (Lipinski definition) is 4. The van der Waals surface area contributed by atoms with Gasteiger partial charge in [0.1, 0.15) is 11.4 Å². The number of benzene rings is 2. The molecule has 4 rings (SSSR count). The zero-order chi connectivity index (χ0) is 17.4. The van der Waals surface area contributed by atoms with E-state index in [2.05, 4.69) is 10.3 Å². The lowest BCUT2D eigenvalue weighted by Crippen LogP contribution is -2.26. The van der Waals surface area contributed by atoms with E-state index in [-0.39, 0.29) is 18.7 Å². The summed E-state index contributed by atoms with van der Waals surface area (Å²) in [5.74, 6) is 2.01. The first-order valence-corrected chi connectivity index (χ1v) is 8.01. The first-order chi connectivity index (χ1) is 12.1. The van der Waals surface area contributed by atoms with Gasteiger partial charge in [-0.25, -0.2) is 0 Å². The molecule has 3 aromatic rings. The molecule has 0 saturated heterocycles. The normalized spacial score (nSPS) is 13.7. The summed E-state index contributed by atoms with van der Waals surface area (Å²) in [5, 5.41) is 3.96. The molecule has 1 atom stereocenters. The van der Waals surface area contributed by atoms with Crippen molar-refractivity contribution in [3.8, 4) is 17.2 Å². The fourth-order valence-corrected chi connectivity index (χ4v) is 2.90. The second kappa shape index (κ2) is 6.05. The van der Waals surface area contributed by atoms with Gasteiger partial charge in [-0.2, -0.15) is 0 Å². The smallest absolute Gasteiger partial charge is 0.268 e. The van der Waals surface area contributed by atoms with Gasteiger partial charge >= 0.3 is 0 Å². The van der Waals surface area contributed by atoms with Crippen molar-refractivity contribution in [2.24, 2.45) is 0 Å². The molecule has 1 amide bonds. The Morgan fingerprint density at radius 2 is 2.00 bits per heavy atom. The van der Waals surface area contributed by atoms with Gasteiger partial charge < -0.3 is 24.5 Å². The van der Waals surface area contributed by atoms with Crippen LogP contribution in [0.4, 0.5) is 0 Å². The van der Waals surface area contributed by atoms with Crippen LogP contribution in [0.5, 0.6) is 17.2 Å². The highest BCUT2D eigenvalue weighted by atomic mass is 16.7. The molecule has 128 valence electrons. The van der Waals surface area contributed by atoms with Crippen LogP contribution in [0.3, 0.4) is 0 Å². The maximum atomic E-state index is 12.6. The van der Waals surface area contributed by atoms with Crippen molar-refractivity contribution < 1.29 is 19.0 Å². The number of H-pyrrole nitrogens is 1. The summed E-state index contributed by atoms with van der Waals surface area (Å²) in [6.07, 6.45) is 0. The van der Waals surface area contributed by atoms with Crippen LogP contribution in [0, 0.1) is 0 Å². The van der Waals surface area contributed by atoms with Crippen molar-refractivity contribution >= 4 is 16.8 Å². The van der Waals surface area contributed by atoms with Crippen LogP contribution in [0.1, 0.15) is 29.0 Å². The lowest BCUT2D eigenvalue weighted by molar-refractivity contribution is 0.0935. The number of aromatic nitrogens is 1. The van der Waals surface area contributed by atoms with E-state index in [4.69, 9.17) is 14.2 Å². The zero-order valence-corrected chi connectivity index (χ0v) is 14.0. The fraction of sp³-hybridized carbons (Fsp3) is 0.211. The Balaban J connectivity index is 1.53. The maximum Gasteiger partial charge on any atom is 0.268 e. The Kier molecular flexibility index (Phi) is 3.72. The largest absolute Gasteiger partial charge is 0.497 e. The standard InChI is InChI=1S/C19H18N2O4/c1-11(12-4-6-17-18(8-12)25-10-24-17)20-19(22)16-7-13-3-5-14(23-2)9-15(13)21-16/h3-9,11,21H,10H2,1-2H3,(H,20,22). The number of methoxy groups -OCH3 is 1. The number of aromatic amines is 1. The van der Waals surface area contributed by atoms with Crippen LogP contribution in [0.15, 0.2) is 42.5 Å². The SMILES string of the molecule is COc1ccc2cc(C(=O)NC(C)c3ccc4c(c3)OCO4)[nH]c2c1. The predicted octanol–water partition coefficient (Wildman–Crippen LogP) is 3.40. The lowest BCUT2D eigenvalue weighted by Gasteiger charge is -2.14. The Morgan fingerprint density at radius 3 is 2.84 bits per heavy atom. The topological polar surface area (TPSA) is 72.6 Å². The molecule has 2 aromatic carbocycles. The molecule has 1 aliphatic heterocycles. The van der Waals surface area contributed by atoms with Crippen molar-refractivity contribution in [2.75, 3.05) is 13.9 Å². The Labute approximate surface area is 144 Å². The molecule has 2 heterocycles. The van der Waals surface area contributed by atoms with Crippen LogP contribution in [-0.2, 0) is 0 Å². The molecule has 0 radical (unpaired) electrons. The minimum atomic E-state index is -0.166. The summed E-state index contributed by atoms with van der Waals surface area (Å²) in [6, 6.07) is 13.0. The molecule has 1 aliphatic rings. The maximum absolute atomic E-state index is 12.6. The molecule has 0 aliphatic carbocycles.